The van der Waals surface area contributed by atoms with E-state index < -0.39 is 0 Å². The van der Waals surface area contributed by atoms with Crippen molar-refractivity contribution in [2.24, 2.45) is 0 Å². The molecule has 0 saturated heterocycles. The summed E-state index contributed by atoms with van der Waals surface area (Å²) in [5, 5.41) is 7.81. The van der Waals surface area contributed by atoms with Crippen LogP contribution in [0.3, 0.4) is 0 Å². The van der Waals surface area contributed by atoms with E-state index in [1.807, 2.05) is 0 Å². The van der Waals surface area contributed by atoms with Crippen molar-refractivity contribution in [3.05, 3.63) is 22.4 Å². The van der Waals surface area contributed by atoms with E-state index in [1.54, 1.807) is 11.3 Å². The summed E-state index contributed by atoms with van der Waals surface area (Å²) < 4.78 is 0. The van der Waals surface area contributed by atoms with E-state index in [-0.39, 0.29) is 5.54 Å². The van der Waals surface area contributed by atoms with Crippen molar-refractivity contribution >= 4 is 11.3 Å². The van der Waals surface area contributed by atoms with Crippen LogP contribution >= 0.6 is 11.3 Å². The molecule has 0 amide bonds. The summed E-state index contributed by atoms with van der Waals surface area (Å²) in [4.78, 5) is 0. The normalized spacial score (nSPS) is 11.9. The van der Waals surface area contributed by atoms with Gasteiger partial charge in [0.2, 0.25) is 0 Å². The topological polar surface area (TPSA) is 12.0 Å². The van der Waals surface area contributed by atoms with Gasteiger partial charge in [-0.15, -0.1) is 0 Å². The zero-order valence-electron chi connectivity index (χ0n) is 8.05. The SMILES string of the molecule is CC(C)(C)NCCc1ccsc1. The lowest BCUT2D eigenvalue weighted by Crippen LogP contribution is -2.37. The highest BCUT2D eigenvalue weighted by Crippen LogP contribution is 2.06. The lowest BCUT2D eigenvalue weighted by Gasteiger charge is -2.20. The van der Waals surface area contributed by atoms with Gasteiger partial charge < -0.3 is 5.32 Å². The van der Waals surface area contributed by atoms with Crippen molar-refractivity contribution < 1.29 is 0 Å². The van der Waals surface area contributed by atoms with Gasteiger partial charge in [-0.05, 0) is 56.1 Å². The molecule has 1 aromatic rings. The molecule has 0 aliphatic rings. The van der Waals surface area contributed by atoms with Gasteiger partial charge in [0.1, 0.15) is 0 Å². The number of thiophene rings is 1. The van der Waals surface area contributed by atoms with Crippen LogP contribution in [0.15, 0.2) is 16.8 Å². The molecule has 0 unspecified atom stereocenters. The highest BCUT2D eigenvalue weighted by molar-refractivity contribution is 7.07. The van der Waals surface area contributed by atoms with E-state index in [0.29, 0.717) is 0 Å². The van der Waals surface area contributed by atoms with Crippen LogP contribution in [-0.2, 0) is 6.42 Å². The molecule has 1 aromatic heterocycles. The fourth-order valence-corrected chi connectivity index (χ4v) is 1.72. The van der Waals surface area contributed by atoms with Crippen LogP contribution in [0.5, 0.6) is 0 Å². The van der Waals surface area contributed by atoms with Gasteiger partial charge in [0.15, 0.2) is 0 Å². The summed E-state index contributed by atoms with van der Waals surface area (Å²) >= 11 is 1.77. The third-order valence-electron chi connectivity index (χ3n) is 1.65. The van der Waals surface area contributed by atoms with Gasteiger partial charge in [0.05, 0.1) is 0 Å². The van der Waals surface area contributed by atoms with Crippen LogP contribution in [0.2, 0.25) is 0 Å². The summed E-state index contributed by atoms with van der Waals surface area (Å²) in [5.74, 6) is 0. The Morgan fingerprint density at radius 2 is 2.17 bits per heavy atom. The van der Waals surface area contributed by atoms with Crippen molar-refractivity contribution in [2.45, 2.75) is 32.7 Å². The molecule has 1 heterocycles. The van der Waals surface area contributed by atoms with Crippen molar-refractivity contribution in [1.29, 1.82) is 0 Å². The minimum absolute atomic E-state index is 0.246. The van der Waals surface area contributed by atoms with Gasteiger partial charge >= 0.3 is 0 Å². The fourth-order valence-electron chi connectivity index (χ4n) is 1.02. The Balaban J connectivity index is 2.20. The van der Waals surface area contributed by atoms with E-state index in [2.05, 4.69) is 42.9 Å². The van der Waals surface area contributed by atoms with Gasteiger partial charge in [-0.25, -0.2) is 0 Å². The van der Waals surface area contributed by atoms with Crippen LogP contribution in [-0.4, -0.2) is 12.1 Å². The standard InChI is InChI=1S/C10H17NS/c1-10(2,3)11-6-4-9-5-7-12-8-9/h5,7-8,11H,4,6H2,1-3H3. The van der Waals surface area contributed by atoms with E-state index in [9.17, 15) is 0 Å². The first-order valence-corrected chi connectivity index (χ1v) is 5.28. The zero-order chi connectivity index (χ0) is 9.03. The van der Waals surface area contributed by atoms with Gasteiger partial charge in [0.25, 0.3) is 0 Å². The third kappa shape index (κ3) is 3.88. The molecule has 0 atom stereocenters. The van der Waals surface area contributed by atoms with Crippen molar-refractivity contribution in [3.8, 4) is 0 Å². The quantitative estimate of drug-likeness (QED) is 0.759. The second-order valence-corrected chi connectivity index (χ2v) is 4.84. The largest absolute Gasteiger partial charge is 0.312 e. The number of nitrogens with one attached hydrogen (secondary N) is 1. The lowest BCUT2D eigenvalue weighted by molar-refractivity contribution is 0.429. The molecule has 0 aromatic carbocycles. The molecule has 0 aliphatic heterocycles. The van der Waals surface area contributed by atoms with Gasteiger partial charge in [-0.2, -0.15) is 11.3 Å². The smallest absolute Gasteiger partial charge is 0.00966 e. The summed E-state index contributed by atoms with van der Waals surface area (Å²) in [6, 6.07) is 2.19. The Hall–Kier alpha value is -0.340. The second-order valence-electron chi connectivity index (χ2n) is 4.06. The fraction of sp³-hybridized carbons (Fsp3) is 0.600. The number of hydrogen-bond donors (Lipinski definition) is 1. The average Bonchev–Trinajstić information content (AvgIpc) is 2.36. The molecule has 1 nitrogen and oxygen atoms in total. The Labute approximate surface area is 78.8 Å². The second kappa shape index (κ2) is 4.06. The highest BCUT2D eigenvalue weighted by atomic mass is 32.1. The molecule has 0 saturated carbocycles. The minimum atomic E-state index is 0.246. The molecule has 0 fully saturated rings. The Kier molecular flexibility index (Phi) is 3.29. The summed E-state index contributed by atoms with van der Waals surface area (Å²) in [6.45, 7) is 7.65. The molecule has 1 N–H and O–H groups in total. The Morgan fingerprint density at radius 3 is 2.67 bits per heavy atom. The van der Waals surface area contributed by atoms with Crippen molar-refractivity contribution in [1.82, 2.24) is 5.32 Å². The van der Waals surface area contributed by atoms with Crippen LogP contribution in [0.4, 0.5) is 0 Å². The molecule has 68 valence electrons. The van der Waals surface area contributed by atoms with Crippen molar-refractivity contribution in [3.63, 3.8) is 0 Å². The van der Waals surface area contributed by atoms with Crippen LogP contribution in [0, 0.1) is 0 Å². The predicted molar refractivity (Wildman–Crippen MR) is 55.8 cm³/mol. The van der Waals surface area contributed by atoms with Crippen LogP contribution in [0.1, 0.15) is 26.3 Å². The summed E-state index contributed by atoms with van der Waals surface area (Å²) in [5.41, 5.74) is 1.69. The van der Waals surface area contributed by atoms with Crippen LogP contribution in [0.25, 0.3) is 0 Å². The molecule has 0 spiro atoms. The van der Waals surface area contributed by atoms with E-state index >= 15 is 0 Å². The molecule has 0 radical (unpaired) electrons. The molecular formula is C10H17NS. The first-order valence-electron chi connectivity index (χ1n) is 4.34. The molecule has 1 rings (SSSR count). The first kappa shape index (κ1) is 9.75. The molecule has 12 heavy (non-hydrogen) atoms. The van der Waals surface area contributed by atoms with E-state index in [1.165, 1.54) is 5.56 Å². The Morgan fingerprint density at radius 1 is 1.42 bits per heavy atom. The maximum atomic E-state index is 3.46. The van der Waals surface area contributed by atoms with Gasteiger partial charge in [-0.1, -0.05) is 0 Å². The first-order chi connectivity index (χ1) is 5.58. The highest BCUT2D eigenvalue weighted by Gasteiger charge is 2.07. The predicted octanol–water partition coefficient (Wildman–Crippen LogP) is 2.68. The molecule has 0 bridgehead atoms. The van der Waals surface area contributed by atoms with Gasteiger partial charge in [0, 0.05) is 5.54 Å². The van der Waals surface area contributed by atoms with Crippen LogP contribution < -0.4 is 5.32 Å². The lowest BCUT2D eigenvalue weighted by atomic mass is 10.1. The molecule has 0 aliphatic carbocycles. The maximum absolute atomic E-state index is 3.46. The summed E-state index contributed by atoms with van der Waals surface area (Å²) in [6.07, 6.45) is 1.14. The monoisotopic (exact) mass is 183 g/mol. The molecule has 2 heteroatoms. The number of hydrogen-bond acceptors (Lipinski definition) is 2. The molecular weight excluding hydrogens is 166 g/mol. The maximum Gasteiger partial charge on any atom is 0.00966 e. The van der Waals surface area contributed by atoms with E-state index in [0.717, 1.165) is 13.0 Å². The zero-order valence-corrected chi connectivity index (χ0v) is 8.87. The number of rotatable bonds is 3. The average molecular weight is 183 g/mol. The summed E-state index contributed by atoms with van der Waals surface area (Å²) in [7, 11) is 0. The van der Waals surface area contributed by atoms with E-state index in [4.69, 9.17) is 0 Å². The van der Waals surface area contributed by atoms with Crippen molar-refractivity contribution in [2.75, 3.05) is 6.54 Å². The van der Waals surface area contributed by atoms with Gasteiger partial charge in [-0.3, -0.25) is 0 Å². The Bertz CT molecular complexity index is 208. The third-order valence-corrected chi connectivity index (χ3v) is 2.38. The minimum Gasteiger partial charge on any atom is -0.312 e.